The Hall–Kier alpha value is -2.87. The number of pyridine rings is 1. The molecule has 1 N–H and O–H groups in total. The van der Waals surface area contributed by atoms with Gasteiger partial charge in [-0.15, -0.1) is 0 Å². The molecule has 0 saturated carbocycles. The van der Waals surface area contributed by atoms with E-state index >= 15 is 0 Å². The summed E-state index contributed by atoms with van der Waals surface area (Å²) >= 11 is 0. The predicted octanol–water partition coefficient (Wildman–Crippen LogP) is 1.41. The standard InChI is InChI=1S/C24H35N7O5S/c1-6-16(15-35-5)36-24-18(22-26-20-19(7-2)29(4)28-21(20)23(32)27-22)13-17(14-25-24)37(33,34)31-11-9-30(8-3)10-12-31/h13-14,16H,6-12,15H2,1-5H3,(H,26,27,32). The van der Waals surface area contributed by atoms with Crippen LogP contribution in [0.25, 0.3) is 22.4 Å². The number of nitrogens with one attached hydrogen (secondary N) is 1. The molecule has 3 aromatic rings. The molecule has 0 spiro atoms. The number of aromatic amines is 1. The number of aromatic nitrogens is 5. The van der Waals surface area contributed by atoms with E-state index in [9.17, 15) is 13.2 Å². The SMILES string of the molecule is CCc1c2nc(-c3cc(S(=O)(=O)N4CCN(CC)CC4)cnc3OC(CC)COC)[nH]c(=O)c2nn1C. The van der Waals surface area contributed by atoms with Crippen molar-refractivity contribution in [2.75, 3.05) is 46.4 Å². The zero-order valence-electron chi connectivity index (χ0n) is 22.0. The molecule has 0 aromatic carbocycles. The molecule has 1 fully saturated rings. The van der Waals surface area contributed by atoms with Crippen LogP contribution in [0.4, 0.5) is 0 Å². The second-order valence-electron chi connectivity index (χ2n) is 9.00. The number of fused-ring (bicyclic) bond motifs is 1. The lowest BCUT2D eigenvalue weighted by atomic mass is 10.2. The number of piperazine rings is 1. The molecule has 0 amide bonds. The smallest absolute Gasteiger partial charge is 0.279 e. The molecule has 0 radical (unpaired) electrons. The number of nitrogens with zero attached hydrogens (tertiary/aromatic N) is 6. The molecule has 12 nitrogen and oxygen atoms in total. The summed E-state index contributed by atoms with van der Waals surface area (Å²) in [6.07, 6.45) is 2.25. The van der Waals surface area contributed by atoms with E-state index in [0.29, 0.717) is 51.1 Å². The molecule has 202 valence electrons. The van der Waals surface area contributed by atoms with Crippen LogP contribution in [0.3, 0.4) is 0 Å². The number of aryl methyl sites for hydroxylation is 2. The number of methoxy groups -OCH3 is 1. The first-order valence-electron chi connectivity index (χ1n) is 12.6. The largest absolute Gasteiger partial charge is 0.471 e. The average molecular weight is 534 g/mol. The molecule has 1 atom stereocenters. The third-order valence-electron chi connectivity index (χ3n) is 6.73. The summed E-state index contributed by atoms with van der Waals surface area (Å²) in [5.41, 5.74) is 1.34. The summed E-state index contributed by atoms with van der Waals surface area (Å²) in [5.74, 6) is 0.339. The highest BCUT2D eigenvalue weighted by atomic mass is 32.2. The quantitative estimate of drug-likeness (QED) is 0.410. The summed E-state index contributed by atoms with van der Waals surface area (Å²) < 4.78 is 41.6. The van der Waals surface area contributed by atoms with E-state index in [-0.39, 0.29) is 33.8 Å². The third-order valence-corrected chi connectivity index (χ3v) is 8.59. The maximum Gasteiger partial charge on any atom is 0.279 e. The highest BCUT2D eigenvalue weighted by Gasteiger charge is 2.30. The first kappa shape index (κ1) is 27.2. The summed E-state index contributed by atoms with van der Waals surface area (Å²) in [6.45, 7) is 9.29. The van der Waals surface area contributed by atoms with Gasteiger partial charge >= 0.3 is 0 Å². The lowest BCUT2D eigenvalue weighted by Crippen LogP contribution is -2.48. The molecular weight excluding hydrogens is 498 g/mol. The molecule has 0 bridgehead atoms. The van der Waals surface area contributed by atoms with Gasteiger partial charge in [0.25, 0.3) is 5.56 Å². The number of sulfonamides is 1. The van der Waals surface area contributed by atoms with Crippen LogP contribution in [0.2, 0.25) is 0 Å². The summed E-state index contributed by atoms with van der Waals surface area (Å²) in [7, 11) is -0.478. The molecule has 3 aromatic heterocycles. The van der Waals surface area contributed by atoms with Gasteiger partial charge in [-0.05, 0) is 25.5 Å². The Balaban J connectivity index is 1.83. The Morgan fingerprint density at radius 1 is 1.14 bits per heavy atom. The van der Waals surface area contributed by atoms with Crippen molar-refractivity contribution in [3.05, 3.63) is 28.3 Å². The minimum Gasteiger partial charge on any atom is -0.471 e. The van der Waals surface area contributed by atoms with Crippen molar-refractivity contribution in [1.29, 1.82) is 0 Å². The van der Waals surface area contributed by atoms with Crippen molar-refractivity contribution in [2.24, 2.45) is 7.05 Å². The van der Waals surface area contributed by atoms with Gasteiger partial charge < -0.3 is 19.4 Å². The lowest BCUT2D eigenvalue weighted by Gasteiger charge is -2.33. The highest BCUT2D eigenvalue weighted by molar-refractivity contribution is 7.89. The van der Waals surface area contributed by atoms with Crippen LogP contribution in [0, 0.1) is 0 Å². The highest BCUT2D eigenvalue weighted by Crippen LogP contribution is 2.31. The zero-order chi connectivity index (χ0) is 26.7. The van der Waals surface area contributed by atoms with Crippen LogP contribution in [-0.2, 0) is 28.2 Å². The van der Waals surface area contributed by atoms with E-state index in [1.807, 2.05) is 13.8 Å². The topological polar surface area (TPSA) is 136 Å². The molecule has 37 heavy (non-hydrogen) atoms. The number of rotatable bonds is 10. The number of likely N-dealkylation sites (N-methyl/N-ethyl adjacent to an activating group) is 1. The molecule has 1 saturated heterocycles. The minimum atomic E-state index is -3.82. The Labute approximate surface area is 216 Å². The second kappa shape index (κ2) is 11.3. The number of hydrogen-bond donors (Lipinski definition) is 1. The van der Waals surface area contributed by atoms with Crippen molar-refractivity contribution in [2.45, 2.75) is 44.6 Å². The first-order valence-corrected chi connectivity index (χ1v) is 14.0. The van der Waals surface area contributed by atoms with E-state index in [1.54, 1.807) is 18.8 Å². The summed E-state index contributed by atoms with van der Waals surface area (Å²) in [4.78, 5) is 27.0. The maximum absolute atomic E-state index is 13.5. The summed E-state index contributed by atoms with van der Waals surface area (Å²) in [5, 5.41) is 4.30. The Morgan fingerprint density at radius 2 is 1.86 bits per heavy atom. The van der Waals surface area contributed by atoms with Gasteiger partial charge in [-0.2, -0.15) is 9.40 Å². The van der Waals surface area contributed by atoms with Crippen LogP contribution in [0.15, 0.2) is 22.0 Å². The zero-order valence-corrected chi connectivity index (χ0v) is 22.8. The van der Waals surface area contributed by atoms with Crippen molar-refractivity contribution in [3.63, 3.8) is 0 Å². The molecule has 1 aliphatic heterocycles. The normalized spacial score (nSPS) is 16.4. The first-order chi connectivity index (χ1) is 17.7. The second-order valence-corrected chi connectivity index (χ2v) is 10.9. The van der Waals surface area contributed by atoms with E-state index in [4.69, 9.17) is 9.47 Å². The van der Waals surface area contributed by atoms with Crippen LogP contribution < -0.4 is 10.3 Å². The molecule has 13 heteroatoms. The molecule has 0 aliphatic carbocycles. The van der Waals surface area contributed by atoms with Gasteiger partial charge in [-0.3, -0.25) is 9.48 Å². The molecule has 4 rings (SSSR count). The Bertz CT molecular complexity index is 1410. The number of H-pyrrole nitrogens is 1. The van der Waals surface area contributed by atoms with Gasteiger partial charge in [0.15, 0.2) is 5.52 Å². The lowest BCUT2D eigenvalue weighted by molar-refractivity contribution is 0.0760. The van der Waals surface area contributed by atoms with Crippen LogP contribution in [0.1, 0.15) is 32.9 Å². The number of ether oxygens (including phenoxy) is 2. The molecular formula is C24H35N7O5S. The van der Waals surface area contributed by atoms with Gasteiger partial charge in [-0.25, -0.2) is 18.4 Å². The van der Waals surface area contributed by atoms with Gasteiger partial charge in [0, 0.05) is 40.3 Å². The van der Waals surface area contributed by atoms with Gasteiger partial charge in [0.2, 0.25) is 15.9 Å². The van der Waals surface area contributed by atoms with Gasteiger partial charge in [0.05, 0.1) is 24.1 Å². The Kier molecular flexibility index (Phi) is 8.26. The average Bonchev–Trinajstić information content (AvgIpc) is 3.23. The fourth-order valence-electron chi connectivity index (χ4n) is 4.50. The fourth-order valence-corrected chi connectivity index (χ4v) is 5.90. The van der Waals surface area contributed by atoms with Crippen molar-refractivity contribution in [3.8, 4) is 17.3 Å². The van der Waals surface area contributed by atoms with E-state index in [0.717, 1.165) is 12.2 Å². The monoisotopic (exact) mass is 533 g/mol. The van der Waals surface area contributed by atoms with E-state index < -0.39 is 15.6 Å². The number of hydrogen-bond acceptors (Lipinski definition) is 9. The van der Waals surface area contributed by atoms with Crippen molar-refractivity contribution >= 4 is 21.1 Å². The summed E-state index contributed by atoms with van der Waals surface area (Å²) in [6, 6.07) is 1.48. The van der Waals surface area contributed by atoms with Crippen LogP contribution >= 0.6 is 0 Å². The van der Waals surface area contributed by atoms with Crippen molar-refractivity contribution < 1.29 is 17.9 Å². The van der Waals surface area contributed by atoms with Crippen LogP contribution in [0.5, 0.6) is 5.88 Å². The molecule has 1 unspecified atom stereocenters. The van der Waals surface area contributed by atoms with Crippen molar-refractivity contribution in [1.82, 2.24) is 33.9 Å². The fraction of sp³-hybridized carbons (Fsp3) is 0.583. The molecule has 1 aliphatic rings. The van der Waals surface area contributed by atoms with Gasteiger partial charge in [0.1, 0.15) is 22.3 Å². The predicted molar refractivity (Wildman–Crippen MR) is 139 cm³/mol. The third kappa shape index (κ3) is 5.40. The van der Waals surface area contributed by atoms with Gasteiger partial charge in [-0.1, -0.05) is 20.8 Å². The maximum atomic E-state index is 13.5. The van der Waals surface area contributed by atoms with E-state index in [2.05, 4.69) is 31.9 Å². The van der Waals surface area contributed by atoms with E-state index in [1.165, 1.54) is 16.6 Å². The molecule has 4 heterocycles. The Morgan fingerprint density at radius 3 is 2.49 bits per heavy atom. The minimum absolute atomic E-state index is 0.0178. The van der Waals surface area contributed by atoms with Crippen LogP contribution in [-0.4, -0.2) is 94.9 Å².